The molecular formula is C13H15F3O3. The van der Waals surface area contributed by atoms with Crippen LogP contribution in [0, 0.1) is 0 Å². The van der Waals surface area contributed by atoms with Gasteiger partial charge in [-0.25, -0.2) is 0 Å². The molecule has 0 bridgehead atoms. The standard InChI is InChI=1S/C13H15F3O3/c1-8(17)5-9-6-11-12(19-4-2-3-18-11)7-10(9)13(14,15)16/h6-8,17H,2-5H2,1H3. The van der Waals surface area contributed by atoms with Crippen LogP contribution in [-0.4, -0.2) is 24.4 Å². The Balaban J connectivity index is 2.47. The average Bonchev–Trinajstić information content (AvgIpc) is 2.50. The molecule has 106 valence electrons. The van der Waals surface area contributed by atoms with Gasteiger partial charge in [0.2, 0.25) is 0 Å². The van der Waals surface area contributed by atoms with Gasteiger partial charge in [0.05, 0.1) is 24.9 Å². The first kappa shape index (κ1) is 14.0. The molecule has 19 heavy (non-hydrogen) atoms. The topological polar surface area (TPSA) is 38.7 Å². The molecular weight excluding hydrogens is 261 g/mol. The lowest BCUT2D eigenvalue weighted by atomic mass is 10.0. The third-order valence-electron chi connectivity index (χ3n) is 2.79. The van der Waals surface area contributed by atoms with Crippen LogP contribution in [0.3, 0.4) is 0 Å². The minimum absolute atomic E-state index is 0.0201. The van der Waals surface area contributed by atoms with E-state index in [0.29, 0.717) is 25.4 Å². The third-order valence-corrected chi connectivity index (χ3v) is 2.79. The van der Waals surface area contributed by atoms with Crippen molar-refractivity contribution in [2.24, 2.45) is 0 Å². The summed E-state index contributed by atoms with van der Waals surface area (Å²) in [5.41, 5.74) is -0.760. The van der Waals surface area contributed by atoms with Gasteiger partial charge in [-0.2, -0.15) is 13.2 Å². The van der Waals surface area contributed by atoms with E-state index in [1.54, 1.807) is 0 Å². The maximum absolute atomic E-state index is 13.0. The predicted molar refractivity (Wildman–Crippen MR) is 62.4 cm³/mol. The summed E-state index contributed by atoms with van der Waals surface area (Å²) < 4.78 is 49.6. The molecule has 1 aliphatic heterocycles. The first-order valence-electron chi connectivity index (χ1n) is 6.05. The number of halogens is 3. The average molecular weight is 276 g/mol. The lowest BCUT2D eigenvalue weighted by molar-refractivity contribution is -0.138. The first-order valence-corrected chi connectivity index (χ1v) is 6.05. The van der Waals surface area contributed by atoms with Gasteiger partial charge in [0.1, 0.15) is 0 Å². The molecule has 1 atom stereocenters. The van der Waals surface area contributed by atoms with Crippen LogP contribution < -0.4 is 9.47 Å². The number of fused-ring (bicyclic) bond motifs is 1. The lowest BCUT2D eigenvalue weighted by Gasteiger charge is -2.17. The Morgan fingerprint density at radius 3 is 2.32 bits per heavy atom. The molecule has 6 heteroatoms. The smallest absolute Gasteiger partial charge is 0.416 e. The fraction of sp³-hybridized carbons (Fsp3) is 0.538. The van der Waals surface area contributed by atoms with Gasteiger partial charge in [-0.1, -0.05) is 0 Å². The van der Waals surface area contributed by atoms with E-state index in [9.17, 15) is 18.3 Å². The fourth-order valence-electron chi connectivity index (χ4n) is 2.00. The second-order valence-corrected chi connectivity index (χ2v) is 4.56. The molecule has 1 N–H and O–H groups in total. The highest BCUT2D eigenvalue weighted by atomic mass is 19.4. The molecule has 0 radical (unpaired) electrons. The van der Waals surface area contributed by atoms with Crippen molar-refractivity contribution >= 4 is 0 Å². The minimum atomic E-state index is -4.48. The number of ether oxygens (including phenoxy) is 2. The molecule has 1 heterocycles. The molecule has 0 saturated heterocycles. The zero-order chi connectivity index (χ0) is 14.0. The molecule has 0 amide bonds. The van der Waals surface area contributed by atoms with Crippen molar-refractivity contribution in [1.29, 1.82) is 0 Å². The highest BCUT2D eigenvalue weighted by Gasteiger charge is 2.35. The van der Waals surface area contributed by atoms with E-state index in [4.69, 9.17) is 9.47 Å². The number of alkyl halides is 3. The summed E-state index contributed by atoms with van der Waals surface area (Å²) in [5.74, 6) is 0.417. The van der Waals surface area contributed by atoms with Crippen LogP contribution in [-0.2, 0) is 12.6 Å². The van der Waals surface area contributed by atoms with Crippen molar-refractivity contribution in [2.75, 3.05) is 13.2 Å². The van der Waals surface area contributed by atoms with Crippen LogP contribution in [0.5, 0.6) is 11.5 Å². The summed E-state index contributed by atoms with van der Waals surface area (Å²) in [5, 5.41) is 9.32. The number of hydrogen-bond acceptors (Lipinski definition) is 3. The van der Waals surface area contributed by atoms with E-state index in [0.717, 1.165) is 6.07 Å². The normalized spacial score (nSPS) is 16.9. The number of benzene rings is 1. The van der Waals surface area contributed by atoms with Crippen molar-refractivity contribution in [1.82, 2.24) is 0 Å². The summed E-state index contributed by atoms with van der Waals surface area (Å²) in [6.07, 6.45) is -4.78. The van der Waals surface area contributed by atoms with Crippen molar-refractivity contribution in [3.05, 3.63) is 23.3 Å². The minimum Gasteiger partial charge on any atom is -0.490 e. The zero-order valence-corrected chi connectivity index (χ0v) is 10.5. The van der Waals surface area contributed by atoms with E-state index in [2.05, 4.69) is 0 Å². The largest absolute Gasteiger partial charge is 0.490 e. The number of rotatable bonds is 2. The van der Waals surface area contributed by atoms with Gasteiger partial charge in [0.25, 0.3) is 0 Å². The van der Waals surface area contributed by atoms with E-state index in [-0.39, 0.29) is 17.7 Å². The summed E-state index contributed by atoms with van der Waals surface area (Å²) >= 11 is 0. The molecule has 1 unspecified atom stereocenters. The molecule has 2 rings (SSSR count). The molecule has 0 fully saturated rings. The zero-order valence-electron chi connectivity index (χ0n) is 10.5. The van der Waals surface area contributed by atoms with Crippen molar-refractivity contribution in [2.45, 2.75) is 32.0 Å². The van der Waals surface area contributed by atoms with Gasteiger partial charge >= 0.3 is 6.18 Å². The maximum atomic E-state index is 13.0. The number of aliphatic hydroxyl groups excluding tert-OH is 1. The van der Waals surface area contributed by atoms with E-state index >= 15 is 0 Å². The van der Waals surface area contributed by atoms with Crippen molar-refractivity contribution in [3.8, 4) is 11.5 Å². The van der Waals surface area contributed by atoms with E-state index in [1.165, 1.54) is 13.0 Å². The number of hydrogen-bond donors (Lipinski definition) is 1. The van der Waals surface area contributed by atoms with Crippen LogP contribution >= 0.6 is 0 Å². The number of aliphatic hydroxyl groups is 1. The van der Waals surface area contributed by atoms with Gasteiger partial charge < -0.3 is 14.6 Å². The van der Waals surface area contributed by atoms with Crippen LogP contribution in [0.25, 0.3) is 0 Å². The molecule has 0 aliphatic carbocycles. The van der Waals surface area contributed by atoms with Gasteiger partial charge in [-0.15, -0.1) is 0 Å². The van der Waals surface area contributed by atoms with Crippen molar-refractivity contribution < 1.29 is 27.8 Å². The van der Waals surface area contributed by atoms with Gasteiger partial charge in [0, 0.05) is 6.42 Å². The summed E-state index contributed by atoms with van der Waals surface area (Å²) in [4.78, 5) is 0. The summed E-state index contributed by atoms with van der Waals surface area (Å²) in [6, 6.07) is 2.27. The maximum Gasteiger partial charge on any atom is 0.416 e. The third kappa shape index (κ3) is 3.32. The SMILES string of the molecule is CC(O)Cc1cc2c(cc1C(F)(F)F)OCCCO2. The quantitative estimate of drug-likeness (QED) is 0.902. The summed E-state index contributed by atoms with van der Waals surface area (Å²) in [6.45, 7) is 2.19. The molecule has 0 saturated carbocycles. The highest BCUT2D eigenvalue weighted by molar-refractivity contribution is 5.49. The highest BCUT2D eigenvalue weighted by Crippen LogP contribution is 2.40. The van der Waals surface area contributed by atoms with Crippen LogP contribution in [0.15, 0.2) is 12.1 Å². The molecule has 3 nitrogen and oxygen atoms in total. The Labute approximate surface area is 108 Å². The van der Waals surface area contributed by atoms with Crippen LogP contribution in [0.1, 0.15) is 24.5 Å². The van der Waals surface area contributed by atoms with Gasteiger partial charge in [0.15, 0.2) is 11.5 Å². The second-order valence-electron chi connectivity index (χ2n) is 4.56. The fourth-order valence-corrected chi connectivity index (χ4v) is 2.00. The molecule has 1 aromatic rings. The van der Waals surface area contributed by atoms with Gasteiger partial charge in [-0.3, -0.25) is 0 Å². The molecule has 1 aromatic carbocycles. The van der Waals surface area contributed by atoms with Crippen molar-refractivity contribution in [3.63, 3.8) is 0 Å². The molecule has 0 spiro atoms. The Hall–Kier alpha value is -1.43. The Morgan fingerprint density at radius 1 is 1.21 bits per heavy atom. The lowest BCUT2D eigenvalue weighted by Crippen LogP contribution is -2.14. The Morgan fingerprint density at radius 2 is 1.79 bits per heavy atom. The second kappa shape index (κ2) is 5.28. The molecule has 0 aromatic heterocycles. The molecule has 1 aliphatic rings. The Bertz CT molecular complexity index is 455. The van der Waals surface area contributed by atoms with Crippen LogP contribution in [0.2, 0.25) is 0 Å². The summed E-state index contributed by atoms with van der Waals surface area (Å²) in [7, 11) is 0. The van der Waals surface area contributed by atoms with Crippen LogP contribution in [0.4, 0.5) is 13.2 Å². The monoisotopic (exact) mass is 276 g/mol. The van der Waals surface area contributed by atoms with E-state index in [1.807, 2.05) is 0 Å². The van der Waals surface area contributed by atoms with Gasteiger partial charge in [-0.05, 0) is 31.0 Å². The predicted octanol–water partition coefficient (Wildman–Crippen LogP) is 2.79. The Kier molecular flexibility index (Phi) is 3.89. The first-order chi connectivity index (χ1) is 8.88. The van der Waals surface area contributed by atoms with E-state index < -0.39 is 17.8 Å².